The fourth-order valence-corrected chi connectivity index (χ4v) is 3.63. The molecule has 0 unspecified atom stereocenters. The molecule has 6 heteroatoms. The van der Waals surface area contributed by atoms with E-state index in [4.69, 9.17) is 4.74 Å². The summed E-state index contributed by atoms with van der Waals surface area (Å²) >= 11 is 0. The predicted octanol–water partition coefficient (Wildman–Crippen LogP) is 1.91. The Balaban J connectivity index is 1.53. The van der Waals surface area contributed by atoms with Crippen LogP contribution in [0.1, 0.15) is 12.0 Å². The Morgan fingerprint density at radius 2 is 1.88 bits per heavy atom. The zero-order valence-electron chi connectivity index (χ0n) is 14.1. The number of ether oxygens (including phenoxy) is 1. The Hall–Kier alpha value is -2.21. The fraction of sp³-hybridized carbons (Fsp3) is 0.500. The van der Waals surface area contributed by atoms with Gasteiger partial charge in [-0.05, 0) is 31.0 Å². The second-order valence-electron chi connectivity index (χ2n) is 6.89. The first-order valence-corrected chi connectivity index (χ1v) is 8.52. The number of hydrogen-bond donors (Lipinski definition) is 0. The predicted molar refractivity (Wildman–Crippen MR) is 93.3 cm³/mol. The standard InChI is InChI=1S/C18H23N5O/c1-15-10-20-17(21-11-15)23-8-9-24-14-18(13-23)5-7-22(12-18)16-4-2-3-6-19-16/h2-4,6,10-11H,5,7-9,12-14H2,1H3/t18-/m0/s1. The van der Waals surface area contributed by atoms with Crippen LogP contribution in [-0.2, 0) is 4.74 Å². The molecule has 2 aromatic rings. The zero-order valence-corrected chi connectivity index (χ0v) is 14.1. The largest absolute Gasteiger partial charge is 0.379 e. The van der Waals surface area contributed by atoms with Crippen LogP contribution in [0.15, 0.2) is 36.8 Å². The first kappa shape index (κ1) is 15.3. The maximum Gasteiger partial charge on any atom is 0.225 e. The highest BCUT2D eigenvalue weighted by molar-refractivity contribution is 5.41. The second-order valence-corrected chi connectivity index (χ2v) is 6.89. The van der Waals surface area contributed by atoms with Crippen molar-refractivity contribution in [1.29, 1.82) is 0 Å². The molecule has 4 rings (SSSR count). The molecule has 2 aliphatic heterocycles. The van der Waals surface area contributed by atoms with Crippen LogP contribution < -0.4 is 9.80 Å². The van der Waals surface area contributed by atoms with Crippen molar-refractivity contribution in [3.63, 3.8) is 0 Å². The Labute approximate surface area is 142 Å². The van der Waals surface area contributed by atoms with Crippen LogP contribution in [0.25, 0.3) is 0 Å². The smallest absolute Gasteiger partial charge is 0.225 e. The van der Waals surface area contributed by atoms with Crippen LogP contribution in [0.5, 0.6) is 0 Å². The van der Waals surface area contributed by atoms with Gasteiger partial charge in [0.05, 0.1) is 13.2 Å². The summed E-state index contributed by atoms with van der Waals surface area (Å²) in [5.41, 5.74) is 1.20. The summed E-state index contributed by atoms with van der Waals surface area (Å²) in [7, 11) is 0. The molecule has 2 aromatic heterocycles. The minimum Gasteiger partial charge on any atom is -0.379 e. The summed E-state index contributed by atoms with van der Waals surface area (Å²) in [6.45, 7) is 7.28. The monoisotopic (exact) mass is 325 g/mol. The van der Waals surface area contributed by atoms with E-state index < -0.39 is 0 Å². The van der Waals surface area contributed by atoms with Crippen molar-refractivity contribution in [2.24, 2.45) is 5.41 Å². The maximum absolute atomic E-state index is 5.95. The second kappa shape index (κ2) is 6.36. The van der Waals surface area contributed by atoms with Gasteiger partial charge in [-0.1, -0.05) is 6.07 Å². The van der Waals surface area contributed by atoms with Gasteiger partial charge in [-0.2, -0.15) is 0 Å². The first-order valence-electron chi connectivity index (χ1n) is 8.52. The van der Waals surface area contributed by atoms with Crippen LogP contribution in [0.2, 0.25) is 0 Å². The molecule has 2 aliphatic rings. The quantitative estimate of drug-likeness (QED) is 0.841. The minimum atomic E-state index is 0.113. The van der Waals surface area contributed by atoms with Gasteiger partial charge in [0.15, 0.2) is 0 Å². The van der Waals surface area contributed by atoms with Crippen molar-refractivity contribution < 1.29 is 4.74 Å². The van der Waals surface area contributed by atoms with Crippen molar-refractivity contribution in [2.75, 3.05) is 49.2 Å². The van der Waals surface area contributed by atoms with E-state index in [2.05, 4.69) is 30.8 Å². The molecule has 0 aromatic carbocycles. The molecule has 0 saturated carbocycles. The molecule has 1 atom stereocenters. The first-order chi connectivity index (χ1) is 11.7. The van der Waals surface area contributed by atoms with Crippen LogP contribution in [-0.4, -0.2) is 54.3 Å². The van der Waals surface area contributed by atoms with Crippen LogP contribution >= 0.6 is 0 Å². The average molecular weight is 325 g/mol. The Morgan fingerprint density at radius 3 is 2.67 bits per heavy atom. The lowest BCUT2D eigenvalue weighted by molar-refractivity contribution is 0.0812. The summed E-state index contributed by atoms with van der Waals surface area (Å²) in [6, 6.07) is 6.08. The molecular weight excluding hydrogens is 302 g/mol. The van der Waals surface area contributed by atoms with Crippen LogP contribution in [0.4, 0.5) is 11.8 Å². The lowest BCUT2D eigenvalue weighted by Crippen LogP contribution is -2.41. The highest BCUT2D eigenvalue weighted by Crippen LogP contribution is 2.35. The molecule has 0 radical (unpaired) electrons. The van der Waals surface area contributed by atoms with E-state index in [1.54, 1.807) is 0 Å². The average Bonchev–Trinajstić information content (AvgIpc) is 2.91. The Bertz CT molecular complexity index is 678. The Morgan fingerprint density at radius 1 is 1.04 bits per heavy atom. The van der Waals surface area contributed by atoms with Crippen LogP contribution in [0, 0.1) is 12.3 Å². The summed E-state index contributed by atoms with van der Waals surface area (Å²) < 4.78 is 5.95. The SMILES string of the molecule is Cc1cnc(N2CCOC[C@]3(CCN(c4ccccn4)C3)C2)nc1. The Kier molecular flexibility index (Phi) is 4.06. The summed E-state index contributed by atoms with van der Waals surface area (Å²) in [5.74, 6) is 1.86. The molecular formula is C18H23N5O. The van der Waals surface area contributed by atoms with E-state index in [0.717, 1.165) is 63.1 Å². The zero-order chi connectivity index (χ0) is 16.4. The van der Waals surface area contributed by atoms with Gasteiger partial charge >= 0.3 is 0 Å². The molecule has 0 amide bonds. The molecule has 0 bridgehead atoms. The van der Waals surface area contributed by atoms with Gasteiger partial charge in [-0.25, -0.2) is 15.0 Å². The van der Waals surface area contributed by atoms with Crippen molar-refractivity contribution in [2.45, 2.75) is 13.3 Å². The molecule has 4 heterocycles. The van der Waals surface area contributed by atoms with Gasteiger partial charge in [0.25, 0.3) is 0 Å². The molecule has 1 spiro atoms. The third-order valence-electron chi connectivity index (χ3n) is 4.90. The van der Waals surface area contributed by atoms with Crippen molar-refractivity contribution >= 4 is 11.8 Å². The molecule has 0 N–H and O–H groups in total. The third-order valence-corrected chi connectivity index (χ3v) is 4.90. The number of anilines is 2. The summed E-state index contributed by atoms with van der Waals surface area (Å²) in [6.07, 6.45) is 6.73. The lowest BCUT2D eigenvalue weighted by atomic mass is 9.87. The minimum absolute atomic E-state index is 0.113. The van der Waals surface area contributed by atoms with E-state index in [0.29, 0.717) is 0 Å². The van der Waals surface area contributed by atoms with E-state index in [1.165, 1.54) is 0 Å². The van der Waals surface area contributed by atoms with E-state index >= 15 is 0 Å². The molecule has 24 heavy (non-hydrogen) atoms. The number of hydrogen-bond acceptors (Lipinski definition) is 6. The summed E-state index contributed by atoms with van der Waals surface area (Å²) in [4.78, 5) is 18.1. The van der Waals surface area contributed by atoms with Gasteiger partial charge in [0.1, 0.15) is 5.82 Å². The van der Waals surface area contributed by atoms with Gasteiger partial charge in [-0.3, -0.25) is 0 Å². The van der Waals surface area contributed by atoms with E-state index in [-0.39, 0.29) is 5.41 Å². The highest BCUT2D eigenvalue weighted by Gasteiger charge is 2.42. The molecule has 2 fully saturated rings. The van der Waals surface area contributed by atoms with Gasteiger partial charge < -0.3 is 14.5 Å². The lowest BCUT2D eigenvalue weighted by Gasteiger charge is -2.32. The number of aromatic nitrogens is 3. The topological polar surface area (TPSA) is 54.4 Å². The fourth-order valence-electron chi connectivity index (χ4n) is 3.63. The number of pyridine rings is 1. The maximum atomic E-state index is 5.95. The van der Waals surface area contributed by atoms with Crippen molar-refractivity contribution in [1.82, 2.24) is 15.0 Å². The van der Waals surface area contributed by atoms with Gasteiger partial charge in [0.2, 0.25) is 5.95 Å². The third kappa shape index (κ3) is 3.06. The highest BCUT2D eigenvalue weighted by atomic mass is 16.5. The molecule has 0 aliphatic carbocycles. The molecule has 126 valence electrons. The van der Waals surface area contributed by atoms with E-state index in [1.807, 2.05) is 37.6 Å². The normalized spacial score (nSPS) is 24.4. The van der Waals surface area contributed by atoms with Crippen molar-refractivity contribution in [3.05, 3.63) is 42.4 Å². The molecule has 6 nitrogen and oxygen atoms in total. The van der Waals surface area contributed by atoms with Crippen LogP contribution in [0.3, 0.4) is 0 Å². The number of rotatable bonds is 2. The van der Waals surface area contributed by atoms with Gasteiger partial charge in [0, 0.05) is 50.2 Å². The molecule has 2 saturated heterocycles. The van der Waals surface area contributed by atoms with Gasteiger partial charge in [-0.15, -0.1) is 0 Å². The van der Waals surface area contributed by atoms with Crippen molar-refractivity contribution in [3.8, 4) is 0 Å². The number of aryl methyl sites for hydroxylation is 1. The van der Waals surface area contributed by atoms with E-state index in [9.17, 15) is 0 Å². The number of nitrogens with zero attached hydrogens (tertiary/aromatic N) is 5. The summed E-state index contributed by atoms with van der Waals surface area (Å²) in [5, 5.41) is 0.